The molecular formula is C35H66O3. The summed E-state index contributed by atoms with van der Waals surface area (Å²) in [5.41, 5.74) is 0. The molecule has 4 atom stereocenters. The Bertz CT molecular complexity index is 541. The van der Waals surface area contributed by atoms with Crippen LogP contribution in [0.25, 0.3) is 0 Å². The summed E-state index contributed by atoms with van der Waals surface area (Å²) in [6.07, 6.45) is 32.5. The Hall–Kier alpha value is -0.120. The molecule has 38 heavy (non-hydrogen) atoms. The molecule has 4 unspecified atom stereocenters. The summed E-state index contributed by atoms with van der Waals surface area (Å²) < 4.78 is 19.9. The lowest BCUT2D eigenvalue weighted by Crippen LogP contribution is -2.34. The van der Waals surface area contributed by atoms with Gasteiger partial charge < -0.3 is 14.2 Å². The van der Waals surface area contributed by atoms with Gasteiger partial charge in [-0.25, -0.2) is 0 Å². The SMILES string of the molecule is CC(CCOC1CCCCCCC1)C(CCOC1CCCCCCC1)C(C)C(C)OC1CCCCCCC1. The van der Waals surface area contributed by atoms with Crippen molar-refractivity contribution in [1.29, 1.82) is 0 Å². The number of hydrogen-bond acceptors (Lipinski definition) is 3. The van der Waals surface area contributed by atoms with E-state index in [2.05, 4.69) is 20.8 Å². The molecule has 0 N–H and O–H groups in total. The van der Waals surface area contributed by atoms with Crippen molar-refractivity contribution in [3.8, 4) is 0 Å². The fourth-order valence-electron chi connectivity index (χ4n) is 7.57. The highest BCUT2D eigenvalue weighted by Crippen LogP contribution is 2.33. The Balaban J connectivity index is 1.51. The summed E-state index contributed by atoms with van der Waals surface area (Å²) in [6, 6.07) is 0. The molecule has 3 fully saturated rings. The molecule has 0 aliphatic heterocycles. The number of hydrogen-bond donors (Lipinski definition) is 0. The topological polar surface area (TPSA) is 27.7 Å². The van der Waals surface area contributed by atoms with E-state index in [-0.39, 0.29) is 0 Å². The van der Waals surface area contributed by atoms with Crippen molar-refractivity contribution in [2.75, 3.05) is 13.2 Å². The molecule has 0 aromatic rings. The van der Waals surface area contributed by atoms with E-state index < -0.39 is 0 Å². The second-order valence-electron chi connectivity index (χ2n) is 13.6. The average Bonchev–Trinajstić information content (AvgIpc) is 2.85. The van der Waals surface area contributed by atoms with E-state index in [1.54, 1.807) is 0 Å². The van der Waals surface area contributed by atoms with Crippen LogP contribution in [0, 0.1) is 17.8 Å². The molecule has 0 saturated heterocycles. The van der Waals surface area contributed by atoms with Gasteiger partial charge in [-0.2, -0.15) is 0 Å². The Morgan fingerprint density at radius 3 is 1.29 bits per heavy atom. The molecule has 3 heteroatoms. The smallest absolute Gasteiger partial charge is 0.0579 e. The third-order valence-corrected chi connectivity index (χ3v) is 10.4. The summed E-state index contributed by atoms with van der Waals surface area (Å²) in [5.74, 6) is 1.83. The third kappa shape index (κ3) is 13.0. The molecule has 0 amide bonds. The minimum absolute atomic E-state index is 0.319. The van der Waals surface area contributed by atoms with E-state index in [1.807, 2.05) is 0 Å². The maximum absolute atomic E-state index is 6.80. The Kier molecular flexibility index (Phi) is 16.9. The van der Waals surface area contributed by atoms with Crippen LogP contribution in [0.5, 0.6) is 0 Å². The number of ether oxygens (including phenoxy) is 3. The summed E-state index contributed by atoms with van der Waals surface area (Å²) in [4.78, 5) is 0. The van der Waals surface area contributed by atoms with Crippen molar-refractivity contribution in [1.82, 2.24) is 0 Å². The molecule has 0 aromatic carbocycles. The van der Waals surface area contributed by atoms with E-state index in [9.17, 15) is 0 Å². The first-order valence-electron chi connectivity index (χ1n) is 17.5. The predicted molar refractivity (Wildman–Crippen MR) is 162 cm³/mol. The zero-order valence-electron chi connectivity index (χ0n) is 25.9. The van der Waals surface area contributed by atoms with Crippen LogP contribution in [-0.4, -0.2) is 37.6 Å². The summed E-state index contributed by atoms with van der Waals surface area (Å²) >= 11 is 0. The minimum atomic E-state index is 0.319. The quantitative estimate of drug-likeness (QED) is 0.235. The van der Waals surface area contributed by atoms with Crippen LogP contribution in [0.4, 0.5) is 0 Å². The number of rotatable bonds is 13. The maximum atomic E-state index is 6.80. The second-order valence-corrected chi connectivity index (χ2v) is 13.6. The van der Waals surface area contributed by atoms with Gasteiger partial charge in [-0.3, -0.25) is 0 Å². The first-order valence-corrected chi connectivity index (χ1v) is 17.5. The predicted octanol–water partition coefficient (Wildman–Crippen LogP) is 10.4. The van der Waals surface area contributed by atoms with Gasteiger partial charge >= 0.3 is 0 Å². The molecule has 0 bridgehead atoms. The normalized spacial score (nSPS) is 25.7. The van der Waals surface area contributed by atoms with Crippen LogP contribution in [-0.2, 0) is 14.2 Å². The zero-order valence-corrected chi connectivity index (χ0v) is 25.9. The van der Waals surface area contributed by atoms with Crippen LogP contribution in [0.2, 0.25) is 0 Å². The van der Waals surface area contributed by atoms with Gasteiger partial charge in [0.05, 0.1) is 24.4 Å². The fraction of sp³-hybridized carbons (Fsp3) is 1.00. The first kappa shape index (κ1) is 32.4. The van der Waals surface area contributed by atoms with Crippen LogP contribution in [0.3, 0.4) is 0 Å². The van der Waals surface area contributed by atoms with Crippen molar-refractivity contribution < 1.29 is 14.2 Å². The second kappa shape index (κ2) is 19.9. The third-order valence-electron chi connectivity index (χ3n) is 10.4. The summed E-state index contributed by atoms with van der Waals surface area (Å²) in [7, 11) is 0. The van der Waals surface area contributed by atoms with Gasteiger partial charge in [0, 0.05) is 13.2 Å². The average molecular weight is 535 g/mol. The maximum Gasteiger partial charge on any atom is 0.0579 e. The zero-order chi connectivity index (χ0) is 26.8. The lowest BCUT2D eigenvalue weighted by molar-refractivity contribution is -0.0656. The molecule has 0 spiro atoms. The summed E-state index contributed by atoms with van der Waals surface area (Å²) in [6.45, 7) is 9.17. The molecule has 3 saturated carbocycles. The molecular weight excluding hydrogens is 468 g/mol. The highest BCUT2D eigenvalue weighted by molar-refractivity contribution is 4.79. The largest absolute Gasteiger partial charge is 0.378 e. The monoisotopic (exact) mass is 535 g/mol. The molecule has 0 aromatic heterocycles. The van der Waals surface area contributed by atoms with Crippen LogP contribution in [0.15, 0.2) is 0 Å². The van der Waals surface area contributed by atoms with E-state index in [4.69, 9.17) is 14.2 Å². The van der Waals surface area contributed by atoms with Crippen LogP contribution in [0.1, 0.15) is 168 Å². The van der Waals surface area contributed by atoms with E-state index in [0.717, 1.165) is 13.2 Å². The summed E-state index contributed by atoms with van der Waals surface area (Å²) in [5, 5.41) is 0. The van der Waals surface area contributed by atoms with Gasteiger partial charge in [-0.05, 0) is 76.0 Å². The highest BCUT2D eigenvalue weighted by atomic mass is 16.5. The molecule has 3 nitrogen and oxygen atoms in total. The first-order chi connectivity index (χ1) is 18.6. The van der Waals surface area contributed by atoms with Crippen LogP contribution >= 0.6 is 0 Å². The van der Waals surface area contributed by atoms with E-state index in [0.29, 0.717) is 42.2 Å². The van der Waals surface area contributed by atoms with Gasteiger partial charge in [0.2, 0.25) is 0 Å². The molecule has 3 rings (SSSR count). The van der Waals surface area contributed by atoms with E-state index in [1.165, 1.54) is 148 Å². The van der Waals surface area contributed by atoms with E-state index >= 15 is 0 Å². The lowest BCUT2D eigenvalue weighted by atomic mass is 9.77. The van der Waals surface area contributed by atoms with Crippen molar-refractivity contribution in [3.05, 3.63) is 0 Å². The van der Waals surface area contributed by atoms with Crippen molar-refractivity contribution >= 4 is 0 Å². The fourth-order valence-corrected chi connectivity index (χ4v) is 7.57. The van der Waals surface area contributed by atoms with Crippen molar-refractivity contribution in [2.45, 2.75) is 193 Å². The van der Waals surface area contributed by atoms with Crippen molar-refractivity contribution in [3.63, 3.8) is 0 Å². The van der Waals surface area contributed by atoms with Gasteiger partial charge in [0.25, 0.3) is 0 Å². The molecule has 3 aliphatic carbocycles. The standard InChI is InChI=1S/C35H66O3/c1-29(25-27-36-32-19-13-7-4-8-14-20-32)35(26-28-37-33-21-15-9-5-10-16-22-33)30(2)31(3)38-34-23-17-11-6-12-18-24-34/h29-35H,4-28H2,1-3H3. The molecule has 0 radical (unpaired) electrons. The van der Waals surface area contributed by atoms with Gasteiger partial charge in [-0.15, -0.1) is 0 Å². The van der Waals surface area contributed by atoms with Gasteiger partial charge in [0.1, 0.15) is 0 Å². The molecule has 0 heterocycles. The Morgan fingerprint density at radius 2 is 0.842 bits per heavy atom. The van der Waals surface area contributed by atoms with Gasteiger partial charge in [-0.1, -0.05) is 110 Å². The Labute approximate surface area is 237 Å². The minimum Gasteiger partial charge on any atom is -0.378 e. The van der Waals surface area contributed by atoms with Gasteiger partial charge in [0.15, 0.2) is 0 Å². The lowest BCUT2D eigenvalue weighted by Gasteiger charge is -2.36. The Morgan fingerprint density at radius 1 is 0.474 bits per heavy atom. The highest BCUT2D eigenvalue weighted by Gasteiger charge is 2.30. The molecule has 3 aliphatic rings. The molecule has 224 valence electrons. The van der Waals surface area contributed by atoms with Crippen molar-refractivity contribution in [2.24, 2.45) is 17.8 Å². The van der Waals surface area contributed by atoms with Crippen LogP contribution < -0.4 is 0 Å².